The third-order valence-corrected chi connectivity index (χ3v) is 5.33. The maximum atomic E-state index is 12.7. The second-order valence-corrected chi connectivity index (χ2v) is 7.83. The first-order valence-corrected chi connectivity index (χ1v) is 9.72. The van der Waals surface area contributed by atoms with Crippen molar-refractivity contribution >= 4 is 5.91 Å². The second-order valence-electron chi connectivity index (χ2n) is 7.83. The molecule has 6 nitrogen and oxygen atoms in total. The van der Waals surface area contributed by atoms with Crippen molar-refractivity contribution in [1.29, 1.82) is 0 Å². The Morgan fingerprint density at radius 1 is 1.36 bits per heavy atom. The van der Waals surface area contributed by atoms with Gasteiger partial charge in [0, 0.05) is 38.5 Å². The van der Waals surface area contributed by atoms with Gasteiger partial charge in [-0.2, -0.15) is 0 Å². The molecule has 2 aliphatic rings. The summed E-state index contributed by atoms with van der Waals surface area (Å²) in [6.07, 6.45) is 8.02. The number of imidazole rings is 1. The predicted octanol–water partition coefficient (Wildman–Crippen LogP) is 2.05. The lowest BCUT2D eigenvalue weighted by Crippen LogP contribution is -2.48. The van der Waals surface area contributed by atoms with E-state index in [1.807, 2.05) is 12.5 Å². The Labute approximate surface area is 150 Å². The van der Waals surface area contributed by atoms with Gasteiger partial charge in [0.2, 0.25) is 5.91 Å². The number of aromatic nitrogens is 2. The summed E-state index contributed by atoms with van der Waals surface area (Å²) in [5, 5.41) is 3.14. The first kappa shape index (κ1) is 18.4. The molecule has 2 saturated heterocycles. The molecule has 0 saturated carbocycles. The van der Waals surface area contributed by atoms with Crippen molar-refractivity contribution in [1.82, 2.24) is 19.8 Å². The lowest BCUT2D eigenvalue weighted by molar-refractivity contribution is -0.127. The number of hydrogen-bond donors (Lipinski definition) is 1. The summed E-state index contributed by atoms with van der Waals surface area (Å²) < 4.78 is 7.61. The van der Waals surface area contributed by atoms with Gasteiger partial charge in [-0.15, -0.1) is 0 Å². The average Bonchev–Trinajstić information content (AvgIpc) is 3.07. The molecule has 25 heavy (non-hydrogen) atoms. The van der Waals surface area contributed by atoms with E-state index in [4.69, 9.17) is 4.74 Å². The van der Waals surface area contributed by atoms with Gasteiger partial charge < -0.3 is 14.6 Å². The van der Waals surface area contributed by atoms with Gasteiger partial charge in [0.05, 0.1) is 24.5 Å². The number of carbonyl (C=O) groups is 1. The number of rotatable bonds is 6. The summed E-state index contributed by atoms with van der Waals surface area (Å²) in [7, 11) is 0. The number of nitrogens with one attached hydrogen (secondary N) is 1. The Morgan fingerprint density at radius 3 is 2.92 bits per heavy atom. The van der Waals surface area contributed by atoms with E-state index < -0.39 is 0 Å². The average molecular weight is 348 g/mol. The molecule has 1 unspecified atom stereocenters. The highest BCUT2D eigenvalue weighted by molar-refractivity contribution is 5.78. The van der Waals surface area contributed by atoms with Crippen LogP contribution in [0.25, 0.3) is 0 Å². The third-order valence-electron chi connectivity index (χ3n) is 5.33. The van der Waals surface area contributed by atoms with Gasteiger partial charge >= 0.3 is 0 Å². The Hall–Kier alpha value is -1.40. The minimum absolute atomic E-state index is 0.109. The van der Waals surface area contributed by atoms with Crippen molar-refractivity contribution < 1.29 is 9.53 Å². The number of piperidine rings is 1. The highest BCUT2D eigenvalue weighted by Crippen LogP contribution is 2.23. The van der Waals surface area contributed by atoms with E-state index in [0.29, 0.717) is 18.5 Å². The van der Waals surface area contributed by atoms with Crippen LogP contribution >= 0.6 is 0 Å². The Kier molecular flexibility index (Phi) is 6.48. The van der Waals surface area contributed by atoms with Gasteiger partial charge in [0.15, 0.2) is 0 Å². The fraction of sp³-hybridized carbons (Fsp3) is 0.789. The molecule has 2 fully saturated rings. The molecule has 3 heterocycles. The number of likely N-dealkylation sites (tertiary alicyclic amines) is 1. The van der Waals surface area contributed by atoms with Crippen LogP contribution in [0.2, 0.25) is 0 Å². The van der Waals surface area contributed by atoms with Crippen LogP contribution in [0.15, 0.2) is 12.5 Å². The maximum Gasteiger partial charge on any atom is 0.224 e. The molecule has 0 bridgehead atoms. The summed E-state index contributed by atoms with van der Waals surface area (Å²) in [4.78, 5) is 19.4. The van der Waals surface area contributed by atoms with Crippen LogP contribution in [0.4, 0.5) is 0 Å². The topological polar surface area (TPSA) is 59.4 Å². The molecule has 0 aromatic carbocycles. The number of carbonyl (C=O) groups excluding carboxylic acids is 1. The Bertz CT molecular complexity index is 551. The fourth-order valence-corrected chi connectivity index (χ4v) is 3.98. The monoisotopic (exact) mass is 348 g/mol. The van der Waals surface area contributed by atoms with E-state index in [9.17, 15) is 4.79 Å². The molecule has 1 atom stereocenters. The van der Waals surface area contributed by atoms with Crippen molar-refractivity contribution in [3.05, 3.63) is 18.2 Å². The number of hydrogen-bond acceptors (Lipinski definition) is 4. The fourth-order valence-electron chi connectivity index (χ4n) is 3.98. The number of amides is 1. The molecule has 1 aromatic rings. The van der Waals surface area contributed by atoms with Crippen LogP contribution in [-0.2, 0) is 22.6 Å². The molecule has 1 aromatic heterocycles. The van der Waals surface area contributed by atoms with Crippen molar-refractivity contribution in [2.24, 2.45) is 11.8 Å². The van der Waals surface area contributed by atoms with E-state index in [2.05, 4.69) is 33.6 Å². The zero-order valence-electron chi connectivity index (χ0n) is 15.6. The molecule has 1 amide bonds. The molecule has 0 aliphatic carbocycles. The largest absolute Gasteiger partial charge is 0.381 e. The summed E-state index contributed by atoms with van der Waals surface area (Å²) in [6, 6.07) is 0.594. The SMILES string of the molecule is CC(C)Cn1cncc1CNC(=O)C1CCCN(C2CCOCC2)C1. The minimum atomic E-state index is 0.109. The van der Waals surface area contributed by atoms with Crippen LogP contribution in [0.3, 0.4) is 0 Å². The zero-order valence-corrected chi connectivity index (χ0v) is 15.6. The molecule has 6 heteroatoms. The first-order valence-electron chi connectivity index (χ1n) is 9.72. The predicted molar refractivity (Wildman–Crippen MR) is 97.0 cm³/mol. The quantitative estimate of drug-likeness (QED) is 0.855. The molecular weight excluding hydrogens is 316 g/mol. The summed E-state index contributed by atoms with van der Waals surface area (Å²) in [5.41, 5.74) is 1.08. The highest BCUT2D eigenvalue weighted by Gasteiger charge is 2.30. The summed E-state index contributed by atoms with van der Waals surface area (Å²) in [6.45, 7) is 9.61. The molecule has 0 radical (unpaired) electrons. The van der Waals surface area contributed by atoms with E-state index >= 15 is 0 Å². The van der Waals surface area contributed by atoms with E-state index in [-0.39, 0.29) is 11.8 Å². The summed E-state index contributed by atoms with van der Waals surface area (Å²) in [5.74, 6) is 0.863. The zero-order chi connectivity index (χ0) is 17.6. The molecule has 3 rings (SSSR count). The van der Waals surface area contributed by atoms with Crippen LogP contribution in [0, 0.1) is 11.8 Å². The van der Waals surface area contributed by atoms with Crippen LogP contribution < -0.4 is 5.32 Å². The third kappa shape index (κ3) is 5.05. The minimum Gasteiger partial charge on any atom is -0.381 e. The normalized spacial score (nSPS) is 23.1. The Balaban J connectivity index is 1.50. The van der Waals surface area contributed by atoms with Crippen molar-refractivity contribution in [3.8, 4) is 0 Å². The van der Waals surface area contributed by atoms with Gasteiger partial charge in [-0.3, -0.25) is 9.69 Å². The van der Waals surface area contributed by atoms with Gasteiger partial charge in [-0.25, -0.2) is 4.98 Å². The van der Waals surface area contributed by atoms with E-state index in [1.54, 1.807) is 0 Å². The maximum absolute atomic E-state index is 12.7. The molecule has 140 valence electrons. The summed E-state index contributed by atoms with van der Waals surface area (Å²) >= 11 is 0. The second kappa shape index (κ2) is 8.81. The van der Waals surface area contributed by atoms with Crippen LogP contribution in [0.1, 0.15) is 45.2 Å². The van der Waals surface area contributed by atoms with Crippen LogP contribution in [0.5, 0.6) is 0 Å². The van der Waals surface area contributed by atoms with Crippen molar-refractivity contribution in [2.75, 3.05) is 26.3 Å². The van der Waals surface area contributed by atoms with Crippen molar-refractivity contribution in [3.63, 3.8) is 0 Å². The molecule has 0 spiro atoms. The van der Waals surface area contributed by atoms with Crippen LogP contribution in [-0.4, -0.2) is 52.7 Å². The van der Waals surface area contributed by atoms with Gasteiger partial charge in [0.1, 0.15) is 0 Å². The van der Waals surface area contributed by atoms with Crippen molar-refractivity contribution in [2.45, 2.75) is 58.7 Å². The lowest BCUT2D eigenvalue weighted by Gasteiger charge is -2.39. The number of ether oxygens (including phenoxy) is 1. The number of nitrogens with zero attached hydrogens (tertiary/aromatic N) is 3. The van der Waals surface area contributed by atoms with E-state index in [1.165, 1.54) is 0 Å². The smallest absolute Gasteiger partial charge is 0.224 e. The van der Waals surface area contributed by atoms with Gasteiger partial charge in [-0.05, 0) is 38.1 Å². The Morgan fingerprint density at radius 2 is 2.16 bits per heavy atom. The molecular formula is C19H32N4O2. The van der Waals surface area contributed by atoms with Gasteiger partial charge in [0.25, 0.3) is 0 Å². The van der Waals surface area contributed by atoms with E-state index in [0.717, 1.165) is 64.2 Å². The molecule has 1 N–H and O–H groups in total. The first-order chi connectivity index (χ1) is 12.1. The molecule has 2 aliphatic heterocycles. The van der Waals surface area contributed by atoms with Gasteiger partial charge in [-0.1, -0.05) is 13.8 Å². The standard InChI is InChI=1S/C19H32N4O2/c1-15(2)12-23-14-20-10-18(23)11-21-19(24)16-4-3-7-22(13-16)17-5-8-25-9-6-17/h10,14-17H,3-9,11-13H2,1-2H3,(H,21,24). The lowest BCUT2D eigenvalue weighted by atomic mass is 9.94. The highest BCUT2D eigenvalue weighted by atomic mass is 16.5.